The third-order valence-electron chi connectivity index (χ3n) is 3.24. The molecule has 1 N–H and O–H groups in total. The summed E-state index contributed by atoms with van der Waals surface area (Å²) in [6.07, 6.45) is 0.670. The van der Waals surface area contributed by atoms with Crippen LogP contribution in [0.2, 0.25) is 0 Å². The van der Waals surface area contributed by atoms with Gasteiger partial charge < -0.3 is 14.8 Å². The van der Waals surface area contributed by atoms with Gasteiger partial charge in [-0.3, -0.25) is 0 Å². The minimum absolute atomic E-state index is 0.145. The van der Waals surface area contributed by atoms with Crippen LogP contribution in [0.5, 0.6) is 11.5 Å². The summed E-state index contributed by atoms with van der Waals surface area (Å²) in [6.45, 7) is 0.952. The summed E-state index contributed by atoms with van der Waals surface area (Å²) in [5, 5.41) is 3.27. The molecule has 2 aliphatic heterocycles. The molecule has 18 heavy (non-hydrogen) atoms. The van der Waals surface area contributed by atoms with Gasteiger partial charge >= 0.3 is 0 Å². The van der Waals surface area contributed by atoms with E-state index in [0.29, 0.717) is 12.2 Å². The summed E-state index contributed by atoms with van der Waals surface area (Å²) in [5.41, 5.74) is 0.935. The molecule has 1 fully saturated rings. The fourth-order valence-corrected chi connectivity index (χ4v) is 3.88. The monoisotopic (exact) mass is 269 g/mol. The zero-order valence-electron chi connectivity index (χ0n) is 9.89. The Kier molecular flexibility index (Phi) is 2.91. The molecule has 2 heterocycles. The van der Waals surface area contributed by atoms with E-state index >= 15 is 0 Å². The van der Waals surface area contributed by atoms with Crippen molar-refractivity contribution in [2.75, 3.05) is 24.8 Å². The highest BCUT2D eigenvalue weighted by molar-refractivity contribution is 7.91. The second-order valence-corrected chi connectivity index (χ2v) is 6.82. The molecule has 0 aliphatic carbocycles. The average Bonchev–Trinajstić information content (AvgIpc) is 2.72. The lowest BCUT2D eigenvalue weighted by Crippen LogP contribution is -2.25. The lowest BCUT2D eigenvalue weighted by molar-refractivity contribution is 0.174. The number of benzene rings is 1. The van der Waals surface area contributed by atoms with Gasteiger partial charge in [0.05, 0.1) is 11.5 Å². The fraction of sp³-hybridized carbons (Fsp3) is 0.500. The number of ether oxygens (including phenoxy) is 2. The van der Waals surface area contributed by atoms with Crippen molar-refractivity contribution in [2.45, 2.75) is 12.5 Å². The van der Waals surface area contributed by atoms with Crippen molar-refractivity contribution in [1.82, 2.24) is 5.32 Å². The van der Waals surface area contributed by atoms with E-state index in [9.17, 15) is 8.42 Å². The highest BCUT2D eigenvalue weighted by Crippen LogP contribution is 2.34. The number of hydrogen-bond acceptors (Lipinski definition) is 5. The smallest absolute Gasteiger partial charge is 0.231 e. The quantitative estimate of drug-likeness (QED) is 0.819. The van der Waals surface area contributed by atoms with Gasteiger partial charge in [0.2, 0.25) is 6.79 Å². The van der Waals surface area contributed by atoms with Crippen LogP contribution in [0.1, 0.15) is 18.0 Å². The minimum atomic E-state index is -2.97. The van der Waals surface area contributed by atoms with Crippen LogP contribution in [0.25, 0.3) is 0 Å². The third-order valence-corrected chi connectivity index (χ3v) is 4.99. The zero-order chi connectivity index (χ0) is 12.6. The Labute approximate surface area is 106 Å². The van der Waals surface area contributed by atoms with Gasteiger partial charge in [0, 0.05) is 6.04 Å². The second kappa shape index (κ2) is 4.44. The summed E-state index contributed by atoms with van der Waals surface area (Å²) < 4.78 is 34.1. The van der Waals surface area contributed by atoms with Gasteiger partial charge in [0.25, 0.3) is 0 Å². The number of rotatable bonds is 1. The molecule has 98 valence electrons. The lowest BCUT2D eigenvalue weighted by Gasteiger charge is -2.16. The van der Waals surface area contributed by atoms with Crippen molar-refractivity contribution < 1.29 is 17.9 Å². The van der Waals surface area contributed by atoms with Crippen LogP contribution < -0.4 is 14.8 Å². The summed E-state index contributed by atoms with van der Waals surface area (Å²) in [6, 6.07) is 5.43. The molecule has 1 saturated heterocycles. The molecule has 0 bridgehead atoms. The summed E-state index contributed by atoms with van der Waals surface area (Å²) in [5.74, 6) is 1.82. The first kappa shape index (κ1) is 11.8. The molecule has 0 amide bonds. The molecule has 5 nitrogen and oxygen atoms in total. The normalized spacial score (nSPS) is 25.7. The van der Waals surface area contributed by atoms with Gasteiger partial charge in [0.1, 0.15) is 0 Å². The van der Waals surface area contributed by atoms with E-state index in [1.807, 2.05) is 18.2 Å². The van der Waals surface area contributed by atoms with Crippen LogP contribution >= 0.6 is 0 Å². The van der Waals surface area contributed by atoms with E-state index in [-0.39, 0.29) is 24.3 Å². The van der Waals surface area contributed by atoms with E-state index in [1.165, 1.54) is 0 Å². The van der Waals surface area contributed by atoms with Gasteiger partial charge in [0.15, 0.2) is 21.3 Å². The highest BCUT2D eigenvalue weighted by atomic mass is 32.2. The SMILES string of the molecule is O=S1(=O)CCCNC(c2ccc3c(c2)OCO3)C1. The van der Waals surface area contributed by atoms with Crippen LogP contribution in [0, 0.1) is 0 Å². The molecule has 0 saturated carbocycles. The van der Waals surface area contributed by atoms with Crippen LogP contribution in [-0.4, -0.2) is 33.3 Å². The van der Waals surface area contributed by atoms with Crippen molar-refractivity contribution in [3.05, 3.63) is 23.8 Å². The topological polar surface area (TPSA) is 64.6 Å². The van der Waals surface area contributed by atoms with E-state index in [1.54, 1.807) is 0 Å². The van der Waals surface area contributed by atoms with Crippen molar-refractivity contribution >= 4 is 9.84 Å². The van der Waals surface area contributed by atoms with Crippen molar-refractivity contribution in [2.24, 2.45) is 0 Å². The predicted octanol–water partition coefficient (Wildman–Crippen LogP) is 0.864. The number of nitrogens with one attached hydrogen (secondary N) is 1. The molecule has 1 atom stereocenters. The number of sulfone groups is 1. The highest BCUT2D eigenvalue weighted by Gasteiger charge is 2.25. The average molecular weight is 269 g/mol. The van der Waals surface area contributed by atoms with E-state index in [4.69, 9.17) is 9.47 Å². The molecule has 6 heteroatoms. The van der Waals surface area contributed by atoms with Crippen molar-refractivity contribution in [3.8, 4) is 11.5 Å². The molecule has 0 radical (unpaired) electrons. The second-order valence-electron chi connectivity index (χ2n) is 4.59. The molecule has 3 rings (SSSR count). The molecule has 1 aromatic carbocycles. The summed E-state index contributed by atoms with van der Waals surface area (Å²) in [7, 11) is -2.97. The third kappa shape index (κ3) is 2.30. The maximum atomic E-state index is 11.8. The summed E-state index contributed by atoms with van der Waals surface area (Å²) in [4.78, 5) is 0. The Bertz CT molecular complexity index is 555. The van der Waals surface area contributed by atoms with Gasteiger partial charge in [-0.25, -0.2) is 8.42 Å². The van der Waals surface area contributed by atoms with E-state index < -0.39 is 9.84 Å². The Morgan fingerprint density at radius 2 is 2.06 bits per heavy atom. The van der Waals surface area contributed by atoms with Gasteiger partial charge in [-0.2, -0.15) is 0 Å². The standard InChI is InChI=1S/C12H15NO4S/c14-18(15)5-1-4-13-10(7-18)9-2-3-11-12(6-9)17-8-16-11/h2-3,6,10,13H,1,4-5,7-8H2. The molecule has 1 aromatic rings. The molecular formula is C12H15NO4S. The molecular weight excluding hydrogens is 254 g/mol. The molecule has 2 aliphatic rings. The Hall–Kier alpha value is -1.27. The predicted molar refractivity (Wildman–Crippen MR) is 66.6 cm³/mol. The fourth-order valence-electron chi connectivity index (χ4n) is 2.31. The minimum Gasteiger partial charge on any atom is -0.454 e. The van der Waals surface area contributed by atoms with Crippen molar-refractivity contribution in [3.63, 3.8) is 0 Å². The number of hydrogen-bond donors (Lipinski definition) is 1. The van der Waals surface area contributed by atoms with E-state index in [0.717, 1.165) is 17.9 Å². The van der Waals surface area contributed by atoms with Crippen LogP contribution in [0.3, 0.4) is 0 Å². The zero-order valence-corrected chi connectivity index (χ0v) is 10.7. The largest absolute Gasteiger partial charge is 0.454 e. The van der Waals surface area contributed by atoms with Gasteiger partial charge in [-0.05, 0) is 30.7 Å². The van der Waals surface area contributed by atoms with Crippen LogP contribution in [0.4, 0.5) is 0 Å². The number of fused-ring (bicyclic) bond motifs is 1. The maximum Gasteiger partial charge on any atom is 0.231 e. The first-order valence-electron chi connectivity index (χ1n) is 5.97. The van der Waals surface area contributed by atoms with Crippen LogP contribution in [-0.2, 0) is 9.84 Å². The Morgan fingerprint density at radius 3 is 2.94 bits per heavy atom. The summed E-state index contributed by atoms with van der Waals surface area (Å²) >= 11 is 0. The van der Waals surface area contributed by atoms with Crippen molar-refractivity contribution in [1.29, 1.82) is 0 Å². The Balaban J connectivity index is 1.89. The maximum absolute atomic E-state index is 11.8. The first-order valence-corrected chi connectivity index (χ1v) is 7.79. The molecule has 1 unspecified atom stereocenters. The van der Waals surface area contributed by atoms with E-state index in [2.05, 4.69) is 5.32 Å². The van der Waals surface area contributed by atoms with Crippen LogP contribution in [0.15, 0.2) is 18.2 Å². The Morgan fingerprint density at radius 1 is 1.22 bits per heavy atom. The first-order chi connectivity index (χ1) is 8.64. The molecule has 0 aromatic heterocycles. The molecule has 0 spiro atoms. The van der Waals surface area contributed by atoms with Gasteiger partial charge in [-0.15, -0.1) is 0 Å². The van der Waals surface area contributed by atoms with Gasteiger partial charge in [-0.1, -0.05) is 6.07 Å². The lowest BCUT2D eigenvalue weighted by atomic mass is 10.1.